The molecule has 3 N–H and O–H groups in total. The molecular weight excluding hydrogens is 473 g/mol. The molecule has 0 aliphatic carbocycles. The van der Waals surface area contributed by atoms with Gasteiger partial charge in [0.2, 0.25) is 5.91 Å². The Morgan fingerprint density at radius 1 is 0.973 bits per heavy atom. The van der Waals surface area contributed by atoms with Crippen molar-refractivity contribution in [3.8, 4) is 11.1 Å². The van der Waals surface area contributed by atoms with Crippen LogP contribution < -0.4 is 10.6 Å². The highest BCUT2D eigenvalue weighted by molar-refractivity contribution is 5.92. The fourth-order valence-corrected chi connectivity index (χ4v) is 4.34. The smallest absolute Gasteiger partial charge is 0.411 e. The number of aliphatic hydroxyl groups excluding tert-OH is 1. The molecule has 1 fully saturated rings. The number of ether oxygens (including phenoxy) is 1. The molecular formula is C29H32FN3O4. The highest BCUT2D eigenvalue weighted by atomic mass is 19.1. The van der Waals surface area contributed by atoms with E-state index in [9.17, 15) is 14.0 Å². The summed E-state index contributed by atoms with van der Waals surface area (Å²) in [4.78, 5) is 27.4. The monoisotopic (exact) mass is 505 g/mol. The van der Waals surface area contributed by atoms with Crippen molar-refractivity contribution in [2.45, 2.75) is 38.4 Å². The Bertz CT molecular complexity index is 1230. The van der Waals surface area contributed by atoms with Crippen LogP contribution in [0.1, 0.15) is 30.4 Å². The summed E-state index contributed by atoms with van der Waals surface area (Å²) in [7, 11) is 2.05. The number of amides is 2. The Morgan fingerprint density at radius 2 is 1.70 bits per heavy atom. The zero-order valence-corrected chi connectivity index (χ0v) is 20.9. The first-order valence-electron chi connectivity index (χ1n) is 12.4. The van der Waals surface area contributed by atoms with Gasteiger partial charge in [0.1, 0.15) is 11.9 Å². The van der Waals surface area contributed by atoms with E-state index in [-0.39, 0.29) is 30.7 Å². The minimum atomic E-state index is -0.596. The molecule has 1 aliphatic heterocycles. The lowest BCUT2D eigenvalue weighted by molar-refractivity contribution is -0.116. The van der Waals surface area contributed by atoms with Crippen LogP contribution in [0.15, 0.2) is 66.7 Å². The van der Waals surface area contributed by atoms with Crippen LogP contribution in [0.5, 0.6) is 0 Å². The van der Waals surface area contributed by atoms with E-state index < -0.39 is 11.9 Å². The predicted octanol–water partition coefficient (Wildman–Crippen LogP) is 5.20. The highest BCUT2D eigenvalue weighted by Gasteiger charge is 2.21. The van der Waals surface area contributed by atoms with E-state index in [1.807, 2.05) is 48.5 Å². The number of rotatable bonds is 8. The van der Waals surface area contributed by atoms with Crippen LogP contribution in [-0.2, 0) is 22.6 Å². The molecule has 0 saturated carbocycles. The van der Waals surface area contributed by atoms with Gasteiger partial charge in [-0.25, -0.2) is 9.18 Å². The number of nitrogens with one attached hydrogen (secondary N) is 2. The number of hydrogen-bond acceptors (Lipinski definition) is 5. The van der Waals surface area contributed by atoms with Crippen LogP contribution in [0.25, 0.3) is 11.1 Å². The van der Waals surface area contributed by atoms with E-state index in [2.05, 4.69) is 22.6 Å². The fraction of sp³-hybridized carbons (Fsp3) is 0.310. The minimum Gasteiger partial charge on any atom is -0.446 e. The first-order chi connectivity index (χ1) is 17.9. The molecule has 0 aromatic heterocycles. The second-order valence-electron chi connectivity index (χ2n) is 9.30. The minimum absolute atomic E-state index is 0.0700. The number of benzene rings is 3. The molecule has 8 heteroatoms. The van der Waals surface area contributed by atoms with Gasteiger partial charge in [-0.1, -0.05) is 48.5 Å². The molecule has 1 saturated heterocycles. The number of carbonyl (C=O) groups excluding carboxylic acids is 2. The molecule has 37 heavy (non-hydrogen) atoms. The molecule has 2 amide bonds. The molecule has 3 aromatic carbocycles. The van der Waals surface area contributed by atoms with Crippen molar-refractivity contribution in [1.82, 2.24) is 4.90 Å². The zero-order valence-electron chi connectivity index (χ0n) is 20.9. The summed E-state index contributed by atoms with van der Waals surface area (Å²) in [5.74, 6) is -0.930. The summed E-state index contributed by atoms with van der Waals surface area (Å²) < 4.78 is 19.8. The van der Waals surface area contributed by atoms with Gasteiger partial charge in [0.15, 0.2) is 0 Å². The van der Waals surface area contributed by atoms with Crippen LogP contribution in [-0.4, -0.2) is 48.2 Å². The molecule has 3 aromatic rings. The van der Waals surface area contributed by atoms with Crippen LogP contribution in [0.2, 0.25) is 0 Å². The van der Waals surface area contributed by atoms with Gasteiger partial charge in [-0.3, -0.25) is 10.1 Å². The van der Waals surface area contributed by atoms with Crippen LogP contribution in [0.4, 0.5) is 20.6 Å². The maximum absolute atomic E-state index is 14.1. The molecule has 0 bridgehead atoms. The van der Waals surface area contributed by atoms with Crippen LogP contribution in [0.3, 0.4) is 0 Å². The summed E-state index contributed by atoms with van der Waals surface area (Å²) in [6.45, 7) is 1.51. The highest BCUT2D eigenvalue weighted by Crippen LogP contribution is 2.30. The number of anilines is 2. The van der Waals surface area contributed by atoms with Gasteiger partial charge in [-0.05, 0) is 61.2 Å². The van der Waals surface area contributed by atoms with Crippen molar-refractivity contribution in [3.05, 3.63) is 83.7 Å². The first-order valence-corrected chi connectivity index (χ1v) is 12.4. The second kappa shape index (κ2) is 12.5. The van der Waals surface area contributed by atoms with Crippen molar-refractivity contribution in [2.24, 2.45) is 0 Å². The summed E-state index contributed by atoms with van der Waals surface area (Å²) in [6, 6.07) is 19.6. The van der Waals surface area contributed by atoms with Gasteiger partial charge in [-0.2, -0.15) is 0 Å². The maximum atomic E-state index is 14.1. The Balaban J connectivity index is 1.43. The topological polar surface area (TPSA) is 90.9 Å². The average Bonchev–Trinajstić information content (AvgIpc) is 2.90. The standard InChI is InChI=1S/C29H32FN3O4/c1-33-15-13-23(14-16-33)37-29(36)32-27-18-20(7-10-24(27)22-5-3-2-4-6-22)9-12-28(35)31-26-11-8-21(19-34)17-25(26)30/h2-8,10-11,17-18,23,34H,9,12-16,19H2,1H3,(H,31,35)(H,32,36). The number of halogens is 1. The lowest BCUT2D eigenvalue weighted by Gasteiger charge is -2.28. The zero-order chi connectivity index (χ0) is 26.2. The summed E-state index contributed by atoms with van der Waals surface area (Å²) in [6.07, 6.45) is 1.52. The van der Waals surface area contributed by atoms with Crippen molar-refractivity contribution < 1.29 is 23.8 Å². The lowest BCUT2D eigenvalue weighted by Crippen LogP contribution is -2.36. The first kappa shape index (κ1) is 26.3. The largest absolute Gasteiger partial charge is 0.446 e. The quantitative estimate of drug-likeness (QED) is 0.392. The van der Waals surface area contributed by atoms with Crippen LogP contribution >= 0.6 is 0 Å². The average molecular weight is 506 g/mol. The molecule has 4 rings (SSSR count). The molecule has 7 nitrogen and oxygen atoms in total. The van der Waals surface area contributed by atoms with Gasteiger partial charge < -0.3 is 20.1 Å². The third-order valence-corrected chi connectivity index (χ3v) is 6.48. The molecule has 0 spiro atoms. The SMILES string of the molecule is CN1CCC(OC(=O)Nc2cc(CCC(=O)Nc3ccc(CO)cc3F)ccc2-c2ccccc2)CC1. The van der Waals surface area contributed by atoms with Crippen LogP contribution in [0, 0.1) is 5.82 Å². The van der Waals surface area contributed by atoms with E-state index in [1.54, 1.807) is 6.07 Å². The Kier molecular flexibility index (Phi) is 8.87. The Hall–Kier alpha value is -3.75. The third kappa shape index (κ3) is 7.38. The number of likely N-dealkylation sites (tertiary alicyclic amines) is 1. The molecule has 0 atom stereocenters. The summed E-state index contributed by atoms with van der Waals surface area (Å²) in [5, 5.41) is 14.6. The van der Waals surface area contributed by atoms with E-state index >= 15 is 0 Å². The van der Waals surface area contributed by atoms with Gasteiger partial charge in [0, 0.05) is 25.1 Å². The van der Waals surface area contributed by atoms with Crippen molar-refractivity contribution in [2.75, 3.05) is 30.8 Å². The number of aryl methyl sites for hydroxylation is 1. The maximum Gasteiger partial charge on any atom is 0.411 e. The number of piperidine rings is 1. The lowest BCUT2D eigenvalue weighted by atomic mass is 9.99. The molecule has 1 aliphatic rings. The number of nitrogens with zero attached hydrogens (tertiary/aromatic N) is 1. The molecule has 0 unspecified atom stereocenters. The predicted molar refractivity (Wildman–Crippen MR) is 142 cm³/mol. The van der Waals surface area contributed by atoms with Crippen molar-refractivity contribution in [3.63, 3.8) is 0 Å². The molecule has 1 heterocycles. The van der Waals surface area contributed by atoms with Crippen molar-refractivity contribution >= 4 is 23.4 Å². The Labute approximate surface area is 216 Å². The Morgan fingerprint density at radius 3 is 2.41 bits per heavy atom. The van der Waals surface area contributed by atoms with E-state index in [4.69, 9.17) is 9.84 Å². The summed E-state index contributed by atoms with van der Waals surface area (Å²) in [5.41, 5.74) is 3.75. The number of aliphatic hydroxyl groups is 1. The van der Waals surface area contributed by atoms with Gasteiger partial charge in [0.05, 0.1) is 18.0 Å². The second-order valence-corrected chi connectivity index (χ2v) is 9.30. The fourth-order valence-electron chi connectivity index (χ4n) is 4.34. The van der Waals surface area contributed by atoms with Gasteiger partial charge in [0.25, 0.3) is 0 Å². The molecule has 0 radical (unpaired) electrons. The van der Waals surface area contributed by atoms with E-state index in [1.165, 1.54) is 12.1 Å². The van der Waals surface area contributed by atoms with Crippen molar-refractivity contribution in [1.29, 1.82) is 0 Å². The number of hydrogen-bond donors (Lipinski definition) is 3. The van der Waals surface area contributed by atoms with Gasteiger partial charge in [-0.15, -0.1) is 0 Å². The number of carbonyl (C=O) groups is 2. The van der Waals surface area contributed by atoms with Gasteiger partial charge >= 0.3 is 6.09 Å². The van der Waals surface area contributed by atoms with E-state index in [0.717, 1.165) is 42.6 Å². The molecule has 194 valence electrons. The third-order valence-electron chi connectivity index (χ3n) is 6.48. The van der Waals surface area contributed by atoms with E-state index in [0.29, 0.717) is 17.7 Å². The normalized spacial score (nSPS) is 14.2. The summed E-state index contributed by atoms with van der Waals surface area (Å²) >= 11 is 0.